The lowest BCUT2D eigenvalue weighted by atomic mass is 10.0. The molecule has 6 aliphatic rings. The normalized spacial score (nSPS) is 33.6. The molecule has 38 heavy (non-hydrogen) atoms. The molecular weight excluding hydrogens is 490 g/mol. The number of carbonyl (C=O) groups is 1. The van der Waals surface area contributed by atoms with Crippen LogP contribution in [0.5, 0.6) is 0 Å². The molecule has 5 fully saturated rings. The number of hydrogen-bond donors (Lipinski definition) is 1. The Bertz CT molecular complexity index is 1080. The van der Waals surface area contributed by atoms with Crippen LogP contribution in [-0.4, -0.2) is 122 Å². The number of fused-ring (bicyclic) bond motifs is 2. The van der Waals surface area contributed by atoms with Crippen LogP contribution in [0.4, 0.5) is 20.5 Å². The van der Waals surface area contributed by atoms with E-state index < -0.39 is 5.92 Å². The molecule has 4 saturated heterocycles. The number of alkyl halides is 2. The van der Waals surface area contributed by atoms with E-state index in [1.807, 2.05) is 4.90 Å². The SMILES string of the molecule is C[C@H]1CCN1c1nc(N2C[C@@H]3[C@H](C2)[C@@H]3C(C(=O)N2CCN(C)CC2)N2CCNCC2)c2c(n1)C(F)(F)CC2. The molecule has 1 N–H and O–H groups in total. The Morgan fingerprint density at radius 1 is 1.03 bits per heavy atom. The maximum absolute atomic E-state index is 14.8. The van der Waals surface area contributed by atoms with E-state index in [0.717, 1.165) is 84.2 Å². The van der Waals surface area contributed by atoms with E-state index in [2.05, 4.69) is 43.9 Å². The molecule has 0 bridgehead atoms. The van der Waals surface area contributed by atoms with Crippen molar-refractivity contribution in [2.45, 2.75) is 44.2 Å². The van der Waals surface area contributed by atoms with Gasteiger partial charge in [0.05, 0.1) is 6.04 Å². The lowest BCUT2D eigenvalue weighted by Crippen LogP contribution is -2.59. The van der Waals surface area contributed by atoms with E-state index in [-0.39, 0.29) is 24.2 Å². The number of piperidine rings is 1. The number of aromatic nitrogens is 2. The molecular formula is C27H40F2N8O. The Balaban J connectivity index is 1.12. The highest BCUT2D eigenvalue weighted by Gasteiger charge is 2.62. The molecule has 2 aliphatic carbocycles. The maximum atomic E-state index is 14.8. The van der Waals surface area contributed by atoms with Gasteiger partial charge in [0, 0.05) is 90.0 Å². The van der Waals surface area contributed by atoms with Crippen molar-refractivity contribution in [1.82, 2.24) is 30.0 Å². The first kappa shape index (κ1) is 24.9. The summed E-state index contributed by atoms with van der Waals surface area (Å²) in [4.78, 5) is 34.3. The fourth-order valence-electron chi connectivity index (χ4n) is 7.55. The summed E-state index contributed by atoms with van der Waals surface area (Å²) in [6, 6.07) is 0.211. The summed E-state index contributed by atoms with van der Waals surface area (Å²) in [6.07, 6.45) is 1.18. The molecule has 208 valence electrons. The van der Waals surface area contributed by atoms with Crippen LogP contribution in [-0.2, 0) is 17.1 Å². The summed E-state index contributed by atoms with van der Waals surface area (Å²) in [6.45, 7) is 11.6. The lowest BCUT2D eigenvalue weighted by Gasteiger charge is -2.41. The number of likely N-dealkylation sites (N-methyl/N-ethyl adjacent to an activating group) is 1. The average Bonchev–Trinajstić information content (AvgIpc) is 3.22. The van der Waals surface area contributed by atoms with Gasteiger partial charge in [-0.2, -0.15) is 13.8 Å². The van der Waals surface area contributed by atoms with Crippen molar-refractivity contribution < 1.29 is 13.6 Å². The topological polar surface area (TPSA) is 71.1 Å². The predicted octanol–water partition coefficient (Wildman–Crippen LogP) is 0.843. The molecule has 1 amide bonds. The first-order valence-corrected chi connectivity index (χ1v) is 14.5. The third-order valence-corrected chi connectivity index (χ3v) is 10.1. The number of nitrogens with zero attached hydrogens (tertiary/aromatic N) is 7. The molecule has 0 spiro atoms. The Hall–Kier alpha value is -2.11. The molecule has 7 rings (SSSR count). The summed E-state index contributed by atoms with van der Waals surface area (Å²) in [5.41, 5.74) is 0.578. The van der Waals surface area contributed by atoms with Gasteiger partial charge in [-0.25, -0.2) is 4.98 Å². The maximum Gasteiger partial charge on any atom is 0.290 e. The minimum absolute atomic E-state index is 0.0577. The van der Waals surface area contributed by atoms with E-state index >= 15 is 0 Å². The highest BCUT2D eigenvalue weighted by Crippen LogP contribution is 2.56. The van der Waals surface area contributed by atoms with E-state index in [4.69, 9.17) is 4.98 Å². The van der Waals surface area contributed by atoms with Gasteiger partial charge in [-0.15, -0.1) is 0 Å². The van der Waals surface area contributed by atoms with Gasteiger partial charge in [0.15, 0.2) is 0 Å². The zero-order chi connectivity index (χ0) is 26.2. The molecule has 4 aliphatic heterocycles. The minimum atomic E-state index is -2.89. The van der Waals surface area contributed by atoms with Crippen molar-refractivity contribution >= 4 is 17.7 Å². The van der Waals surface area contributed by atoms with Crippen molar-refractivity contribution in [3.8, 4) is 0 Å². The molecule has 0 radical (unpaired) electrons. The Labute approximate surface area is 223 Å². The van der Waals surface area contributed by atoms with Gasteiger partial charge in [-0.3, -0.25) is 9.69 Å². The number of anilines is 2. The Kier molecular flexibility index (Phi) is 6.05. The molecule has 1 aromatic rings. The summed E-state index contributed by atoms with van der Waals surface area (Å²) < 4.78 is 29.7. The van der Waals surface area contributed by atoms with Gasteiger partial charge >= 0.3 is 0 Å². The van der Waals surface area contributed by atoms with E-state index in [0.29, 0.717) is 41.6 Å². The molecule has 11 heteroatoms. The fraction of sp³-hybridized carbons (Fsp3) is 0.815. The largest absolute Gasteiger partial charge is 0.356 e. The molecule has 5 atom stereocenters. The van der Waals surface area contributed by atoms with Gasteiger partial charge in [0.1, 0.15) is 11.5 Å². The molecule has 5 heterocycles. The Morgan fingerprint density at radius 3 is 2.37 bits per heavy atom. The molecule has 1 aromatic heterocycles. The van der Waals surface area contributed by atoms with Crippen LogP contribution in [0.25, 0.3) is 0 Å². The van der Waals surface area contributed by atoms with E-state index in [1.54, 1.807) is 0 Å². The van der Waals surface area contributed by atoms with Crippen molar-refractivity contribution in [3.05, 3.63) is 11.3 Å². The first-order chi connectivity index (χ1) is 18.3. The lowest BCUT2D eigenvalue weighted by molar-refractivity contribution is -0.140. The second-order valence-electron chi connectivity index (χ2n) is 12.4. The van der Waals surface area contributed by atoms with E-state index in [1.165, 1.54) is 0 Å². The van der Waals surface area contributed by atoms with Gasteiger partial charge in [0.25, 0.3) is 5.92 Å². The van der Waals surface area contributed by atoms with Crippen LogP contribution in [0.1, 0.15) is 31.0 Å². The number of carbonyl (C=O) groups excluding carboxylic acids is 1. The standard InChI is InChI=1S/C27H40F2N8O/c1-17-4-8-37(17)26-31-23-18(3-5-27(23,28)29)24(32-26)36-15-19-20(16-36)21(19)22(34-9-6-30-7-10-34)25(38)35-13-11-33(2)12-14-35/h17,19-22,30H,3-16H2,1-2H3/t17-,19-,20+,21-,22?/m0/s1. The highest BCUT2D eigenvalue weighted by molar-refractivity contribution is 5.83. The average molecular weight is 531 g/mol. The molecule has 1 saturated carbocycles. The summed E-state index contributed by atoms with van der Waals surface area (Å²) >= 11 is 0. The minimum Gasteiger partial charge on any atom is -0.356 e. The van der Waals surface area contributed by atoms with Crippen LogP contribution in [0, 0.1) is 17.8 Å². The van der Waals surface area contributed by atoms with Gasteiger partial charge in [-0.1, -0.05) is 0 Å². The molecule has 0 aromatic carbocycles. The zero-order valence-corrected chi connectivity index (χ0v) is 22.6. The second kappa shape index (κ2) is 9.23. The first-order valence-electron chi connectivity index (χ1n) is 14.5. The van der Waals surface area contributed by atoms with Crippen molar-refractivity contribution in [2.24, 2.45) is 17.8 Å². The number of amides is 1. The van der Waals surface area contributed by atoms with Crippen molar-refractivity contribution in [3.63, 3.8) is 0 Å². The number of rotatable bonds is 5. The van der Waals surface area contributed by atoms with Crippen LogP contribution >= 0.6 is 0 Å². The predicted molar refractivity (Wildman–Crippen MR) is 141 cm³/mol. The van der Waals surface area contributed by atoms with Gasteiger partial charge in [-0.05, 0) is 44.6 Å². The van der Waals surface area contributed by atoms with E-state index in [9.17, 15) is 13.6 Å². The summed E-state index contributed by atoms with van der Waals surface area (Å²) in [5, 5.41) is 3.43. The van der Waals surface area contributed by atoms with Gasteiger partial charge < -0.3 is 24.9 Å². The van der Waals surface area contributed by atoms with Crippen LogP contribution in [0.15, 0.2) is 0 Å². The number of nitrogens with one attached hydrogen (secondary N) is 1. The molecule has 9 nitrogen and oxygen atoms in total. The third kappa shape index (κ3) is 4.07. The van der Waals surface area contributed by atoms with Gasteiger partial charge in [0.2, 0.25) is 11.9 Å². The van der Waals surface area contributed by atoms with Crippen molar-refractivity contribution in [2.75, 3.05) is 88.8 Å². The Morgan fingerprint density at radius 2 is 1.74 bits per heavy atom. The fourth-order valence-corrected chi connectivity index (χ4v) is 7.55. The second-order valence-corrected chi connectivity index (χ2v) is 12.4. The number of hydrogen-bond acceptors (Lipinski definition) is 8. The third-order valence-electron chi connectivity index (χ3n) is 10.1. The number of piperazine rings is 2. The number of halogens is 2. The summed E-state index contributed by atoms with van der Waals surface area (Å²) in [7, 11) is 2.11. The smallest absolute Gasteiger partial charge is 0.290 e. The van der Waals surface area contributed by atoms with Crippen molar-refractivity contribution in [1.29, 1.82) is 0 Å². The highest BCUT2D eigenvalue weighted by atomic mass is 19.3. The zero-order valence-electron chi connectivity index (χ0n) is 22.6. The van der Waals surface area contributed by atoms with Crippen LogP contribution < -0.4 is 15.1 Å². The van der Waals surface area contributed by atoms with Crippen LogP contribution in [0.3, 0.4) is 0 Å². The van der Waals surface area contributed by atoms with Crippen LogP contribution in [0.2, 0.25) is 0 Å². The monoisotopic (exact) mass is 530 g/mol. The quantitative estimate of drug-likeness (QED) is 0.601. The summed E-state index contributed by atoms with van der Waals surface area (Å²) in [5.74, 6) is -0.263. The molecule has 1 unspecified atom stereocenters.